The van der Waals surface area contributed by atoms with Crippen LogP contribution in [0.1, 0.15) is 0 Å². The maximum atomic E-state index is 6.12. The number of nitrogens with two attached hydrogens (primary N) is 1. The minimum Gasteiger partial charge on any atom is -0.454 e. The zero-order chi connectivity index (χ0) is 12.0. The Morgan fingerprint density at radius 2 is 2.24 bits per heavy atom. The summed E-state index contributed by atoms with van der Waals surface area (Å²) in [6.45, 7) is 0.194. The van der Waals surface area contributed by atoms with Gasteiger partial charge in [-0.15, -0.1) is 0 Å². The molecule has 17 heavy (non-hydrogen) atoms. The second-order valence-electron chi connectivity index (χ2n) is 3.76. The van der Waals surface area contributed by atoms with Gasteiger partial charge in [-0.05, 0) is 12.1 Å². The van der Waals surface area contributed by atoms with E-state index in [2.05, 4.69) is 5.10 Å². The maximum Gasteiger partial charge on any atom is 0.231 e. The quantitative estimate of drug-likeness (QED) is 0.843. The molecule has 0 amide bonds. The predicted octanol–water partition coefficient (Wildman–Crippen LogP) is 2.05. The van der Waals surface area contributed by atoms with Gasteiger partial charge in [-0.1, -0.05) is 11.6 Å². The van der Waals surface area contributed by atoms with Crippen LogP contribution in [0.3, 0.4) is 0 Å². The Kier molecular flexibility index (Phi) is 2.16. The van der Waals surface area contributed by atoms with E-state index < -0.39 is 0 Å². The van der Waals surface area contributed by atoms with Gasteiger partial charge in [-0.2, -0.15) is 5.10 Å². The van der Waals surface area contributed by atoms with E-state index in [1.54, 1.807) is 16.9 Å². The van der Waals surface area contributed by atoms with Crippen LogP contribution in [0.2, 0.25) is 5.02 Å². The van der Waals surface area contributed by atoms with Crippen molar-refractivity contribution in [2.45, 2.75) is 0 Å². The lowest BCUT2D eigenvalue weighted by Gasteiger charge is -2.06. The molecular formula is C11H10ClN3O2. The van der Waals surface area contributed by atoms with E-state index in [0.29, 0.717) is 22.2 Å². The third-order valence-electron chi connectivity index (χ3n) is 2.67. The molecule has 0 saturated heterocycles. The maximum absolute atomic E-state index is 6.12. The molecule has 0 radical (unpaired) electrons. The molecular weight excluding hydrogens is 242 g/mol. The molecule has 0 bridgehead atoms. The standard InChI is InChI=1S/C11H10ClN3O2/c1-15-10(8(13)4-14-15)6-2-7(12)11-9(3-6)16-5-17-11/h2-4H,5,13H2,1H3. The van der Waals surface area contributed by atoms with E-state index in [-0.39, 0.29) is 6.79 Å². The van der Waals surface area contributed by atoms with E-state index in [1.165, 1.54) is 0 Å². The Balaban J connectivity index is 2.20. The van der Waals surface area contributed by atoms with Crippen molar-refractivity contribution in [3.63, 3.8) is 0 Å². The molecule has 0 saturated carbocycles. The van der Waals surface area contributed by atoms with E-state index in [1.807, 2.05) is 13.1 Å². The summed E-state index contributed by atoms with van der Waals surface area (Å²) in [5.74, 6) is 1.21. The van der Waals surface area contributed by atoms with Crippen LogP contribution in [0.4, 0.5) is 5.69 Å². The predicted molar refractivity (Wildman–Crippen MR) is 64.2 cm³/mol. The highest BCUT2D eigenvalue weighted by Crippen LogP contribution is 2.42. The molecule has 1 aliphatic heterocycles. The fourth-order valence-electron chi connectivity index (χ4n) is 1.91. The van der Waals surface area contributed by atoms with E-state index in [0.717, 1.165) is 11.3 Å². The van der Waals surface area contributed by atoms with E-state index in [9.17, 15) is 0 Å². The fourth-order valence-corrected chi connectivity index (χ4v) is 2.18. The monoisotopic (exact) mass is 251 g/mol. The van der Waals surface area contributed by atoms with Crippen LogP contribution in [0.5, 0.6) is 11.5 Å². The molecule has 2 aromatic rings. The van der Waals surface area contributed by atoms with Gasteiger partial charge < -0.3 is 15.2 Å². The number of nitrogens with zero attached hydrogens (tertiary/aromatic N) is 2. The van der Waals surface area contributed by atoms with Gasteiger partial charge in [-0.25, -0.2) is 0 Å². The van der Waals surface area contributed by atoms with Crippen LogP contribution in [0, 0.1) is 0 Å². The third-order valence-corrected chi connectivity index (χ3v) is 2.95. The molecule has 0 aliphatic carbocycles. The Hall–Kier alpha value is -1.88. The molecule has 0 unspecified atom stereocenters. The summed E-state index contributed by atoms with van der Waals surface area (Å²) in [5, 5.41) is 4.60. The Labute approximate surface area is 103 Å². The Morgan fingerprint density at radius 1 is 1.41 bits per heavy atom. The molecule has 0 atom stereocenters. The molecule has 2 N–H and O–H groups in total. The van der Waals surface area contributed by atoms with Crippen LogP contribution >= 0.6 is 11.6 Å². The number of hydrogen-bond acceptors (Lipinski definition) is 4. The number of ether oxygens (including phenoxy) is 2. The summed E-state index contributed by atoms with van der Waals surface area (Å²) in [7, 11) is 1.82. The van der Waals surface area contributed by atoms with Crippen molar-refractivity contribution in [3.05, 3.63) is 23.4 Å². The molecule has 0 spiro atoms. The van der Waals surface area contributed by atoms with Crippen molar-refractivity contribution in [3.8, 4) is 22.8 Å². The number of benzene rings is 1. The topological polar surface area (TPSA) is 62.3 Å². The molecule has 88 valence electrons. The normalized spacial score (nSPS) is 13.1. The van der Waals surface area contributed by atoms with Gasteiger partial charge in [-0.3, -0.25) is 4.68 Å². The molecule has 5 nitrogen and oxygen atoms in total. The molecule has 1 aromatic heterocycles. The summed E-state index contributed by atoms with van der Waals surface area (Å²) in [6.07, 6.45) is 1.60. The van der Waals surface area contributed by atoms with Gasteiger partial charge in [0.1, 0.15) is 0 Å². The largest absolute Gasteiger partial charge is 0.454 e. The molecule has 3 rings (SSSR count). The first-order chi connectivity index (χ1) is 8.16. The van der Waals surface area contributed by atoms with Crippen LogP contribution in [0.25, 0.3) is 11.3 Å². The fraction of sp³-hybridized carbons (Fsp3) is 0.182. The number of aromatic nitrogens is 2. The number of anilines is 1. The second-order valence-corrected chi connectivity index (χ2v) is 4.17. The minimum absolute atomic E-state index is 0.194. The molecule has 2 heterocycles. The first kappa shape index (κ1) is 10.3. The van der Waals surface area contributed by atoms with Crippen LogP contribution in [-0.2, 0) is 7.05 Å². The zero-order valence-electron chi connectivity index (χ0n) is 9.11. The van der Waals surface area contributed by atoms with Crippen LogP contribution in [0.15, 0.2) is 18.3 Å². The van der Waals surface area contributed by atoms with Gasteiger partial charge in [0.15, 0.2) is 11.5 Å². The summed E-state index contributed by atoms with van der Waals surface area (Å²) < 4.78 is 12.3. The summed E-state index contributed by atoms with van der Waals surface area (Å²) in [4.78, 5) is 0. The smallest absolute Gasteiger partial charge is 0.231 e. The van der Waals surface area contributed by atoms with Crippen molar-refractivity contribution in [2.75, 3.05) is 12.5 Å². The number of rotatable bonds is 1. The summed E-state index contributed by atoms with van der Waals surface area (Å²) in [6, 6.07) is 3.64. The average molecular weight is 252 g/mol. The number of fused-ring (bicyclic) bond motifs is 1. The molecule has 0 fully saturated rings. The Morgan fingerprint density at radius 3 is 2.94 bits per heavy atom. The van der Waals surface area contributed by atoms with Crippen molar-refractivity contribution in [1.82, 2.24) is 9.78 Å². The zero-order valence-corrected chi connectivity index (χ0v) is 9.86. The Bertz CT molecular complexity index is 575. The van der Waals surface area contributed by atoms with Crippen molar-refractivity contribution < 1.29 is 9.47 Å². The van der Waals surface area contributed by atoms with E-state index >= 15 is 0 Å². The average Bonchev–Trinajstić information content (AvgIpc) is 2.86. The lowest BCUT2D eigenvalue weighted by Crippen LogP contribution is -1.96. The first-order valence-electron chi connectivity index (χ1n) is 5.04. The van der Waals surface area contributed by atoms with Crippen molar-refractivity contribution in [2.24, 2.45) is 7.05 Å². The SMILES string of the molecule is Cn1ncc(N)c1-c1cc(Cl)c2c(c1)OCO2. The third kappa shape index (κ3) is 1.51. The lowest BCUT2D eigenvalue weighted by molar-refractivity contribution is 0.174. The van der Waals surface area contributed by atoms with Crippen LogP contribution < -0.4 is 15.2 Å². The molecule has 6 heteroatoms. The molecule has 1 aromatic carbocycles. The van der Waals surface area contributed by atoms with Gasteiger partial charge in [0.05, 0.1) is 22.6 Å². The summed E-state index contributed by atoms with van der Waals surface area (Å²) in [5.41, 5.74) is 8.14. The van der Waals surface area contributed by atoms with E-state index in [4.69, 9.17) is 26.8 Å². The van der Waals surface area contributed by atoms with Gasteiger partial charge >= 0.3 is 0 Å². The number of aryl methyl sites for hydroxylation is 1. The summed E-state index contributed by atoms with van der Waals surface area (Å²) >= 11 is 6.12. The number of hydrogen-bond donors (Lipinski definition) is 1. The van der Waals surface area contributed by atoms with Crippen LogP contribution in [-0.4, -0.2) is 16.6 Å². The van der Waals surface area contributed by atoms with Gasteiger partial charge in [0.25, 0.3) is 0 Å². The lowest BCUT2D eigenvalue weighted by atomic mass is 10.1. The van der Waals surface area contributed by atoms with Gasteiger partial charge in [0.2, 0.25) is 6.79 Å². The highest BCUT2D eigenvalue weighted by molar-refractivity contribution is 6.32. The van der Waals surface area contributed by atoms with Gasteiger partial charge in [0, 0.05) is 12.6 Å². The number of nitrogen functional groups attached to an aromatic ring is 1. The second kappa shape index (κ2) is 3.56. The van der Waals surface area contributed by atoms with Crippen molar-refractivity contribution in [1.29, 1.82) is 0 Å². The minimum atomic E-state index is 0.194. The highest BCUT2D eigenvalue weighted by Gasteiger charge is 2.20. The first-order valence-corrected chi connectivity index (χ1v) is 5.41. The molecule has 1 aliphatic rings. The number of halogens is 1. The highest BCUT2D eigenvalue weighted by atomic mass is 35.5. The van der Waals surface area contributed by atoms with Crippen molar-refractivity contribution >= 4 is 17.3 Å².